The summed E-state index contributed by atoms with van der Waals surface area (Å²) < 4.78 is 12.8. The number of nitrogens with one attached hydrogen (secondary N) is 2. The lowest BCUT2D eigenvalue weighted by molar-refractivity contribution is 0.619. The SMILES string of the molecule is CNC(c1ccc(F)cc1)c1ncc[nH]1. The van der Waals surface area contributed by atoms with E-state index in [2.05, 4.69) is 15.3 Å². The van der Waals surface area contributed by atoms with Crippen molar-refractivity contribution in [2.45, 2.75) is 6.04 Å². The molecule has 0 radical (unpaired) electrons. The summed E-state index contributed by atoms with van der Waals surface area (Å²) in [6, 6.07) is 6.36. The van der Waals surface area contributed by atoms with Crippen LogP contribution in [0, 0.1) is 5.82 Å². The molecule has 3 nitrogen and oxygen atoms in total. The predicted octanol–water partition coefficient (Wildman–Crippen LogP) is 1.86. The molecule has 0 saturated carbocycles. The number of hydrogen-bond donors (Lipinski definition) is 2. The van der Waals surface area contributed by atoms with Crippen LogP contribution in [0.1, 0.15) is 17.4 Å². The van der Waals surface area contributed by atoms with E-state index in [4.69, 9.17) is 0 Å². The highest BCUT2D eigenvalue weighted by molar-refractivity contribution is 5.25. The Morgan fingerprint density at radius 2 is 2.07 bits per heavy atom. The molecule has 1 atom stereocenters. The number of benzene rings is 1. The van der Waals surface area contributed by atoms with Gasteiger partial charge in [-0.15, -0.1) is 0 Å². The maximum absolute atomic E-state index is 12.8. The summed E-state index contributed by atoms with van der Waals surface area (Å²) in [6.07, 6.45) is 3.46. The summed E-state index contributed by atoms with van der Waals surface area (Å²) in [5.41, 5.74) is 0.980. The molecule has 78 valence electrons. The molecule has 1 aromatic heterocycles. The molecular formula is C11H12FN3. The van der Waals surface area contributed by atoms with Crippen molar-refractivity contribution in [3.8, 4) is 0 Å². The van der Waals surface area contributed by atoms with Crippen LogP contribution in [-0.2, 0) is 0 Å². The van der Waals surface area contributed by atoms with Crippen molar-refractivity contribution < 1.29 is 4.39 Å². The fourth-order valence-corrected chi connectivity index (χ4v) is 1.55. The topological polar surface area (TPSA) is 40.7 Å². The van der Waals surface area contributed by atoms with Crippen LogP contribution < -0.4 is 5.32 Å². The number of aromatic nitrogens is 2. The lowest BCUT2D eigenvalue weighted by atomic mass is 10.1. The molecule has 0 saturated heterocycles. The number of aromatic amines is 1. The maximum Gasteiger partial charge on any atom is 0.127 e. The van der Waals surface area contributed by atoms with E-state index in [9.17, 15) is 4.39 Å². The van der Waals surface area contributed by atoms with E-state index >= 15 is 0 Å². The van der Waals surface area contributed by atoms with Gasteiger partial charge in [-0.3, -0.25) is 0 Å². The smallest absolute Gasteiger partial charge is 0.127 e. The molecule has 15 heavy (non-hydrogen) atoms. The van der Waals surface area contributed by atoms with Gasteiger partial charge in [-0.1, -0.05) is 12.1 Å². The van der Waals surface area contributed by atoms with E-state index in [1.54, 1.807) is 24.5 Å². The third kappa shape index (κ3) is 2.05. The molecule has 0 aliphatic heterocycles. The van der Waals surface area contributed by atoms with Crippen LogP contribution in [0.15, 0.2) is 36.7 Å². The highest BCUT2D eigenvalue weighted by atomic mass is 19.1. The van der Waals surface area contributed by atoms with Gasteiger partial charge in [-0.25, -0.2) is 9.37 Å². The largest absolute Gasteiger partial charge is 0.347 e. The van der Waals surface area contributed by atoms with Crippen LogP contribution in [0.3, 0.4) is 0 Å². The van der Waals surface area contributed by atoms with Crippen molar-refractivity contribution in [1.82, 2.24) is 15.3 Å². The van der Waals surface area contributed by atoms with Crippen LogP contribution in [0.4, 0.5) is 4.39 Å². The lowest BCUT2D eigenvalue weighted by Crippen LogP contribution is -2.18. The second-order valence-electron chi connectivity index (χ2n) is 3.25. The van der Waals surface area contributed by atoms with Crippen LogP contribution in [0.5, 0.6) is 0 Å². The third-order valence-electron chi connectivity index (χ3n) is 2.28. The summed E-state index contributed by atoms with van der Waals surface area (Å²) in [5.74, 6) is 0.595. The van der Waals surface area contributed by atoms with Gasteiger partial charge in [0.25, 0.3) is 0 Å². The van der Waals surface area contributed by atoms with Gasteiger partial charge in [-0.05, 0) is 24.7 Å². The molecule has 2 N–H and O–H groups in total. The van der Waals surface area contributed by atoms with Crippen LogP contribution in [0.25, 0.3) is 0 Å². The number of H-pyrrole nitrogens is 1. The van der Waals surface area contributed by atoms with Gasteiger partial charge >= 0.3 is 0 Å². The van der Waals surface area contributed by atoms with Crippen LogP contribution >= 0.6 is 0 Å². The Hall–Kier alpha value is -1.68. The first-order valence-corrected chi connectivity index (χ1v) is 4.73. The molecular weight excluding hydrogens is 193 g/mol. The molecule has 2 rings (SSSR count). The number of rotatable bonds is 3. The van der Waals surface area contributed by atoms with Crippen molar-refractivity contribution in [2.75, 3.05) is 7.05 Å². The molecule has 0 amide bonds. The monoisotopic (exact) mass is 205 g/mol. The van der Waals surface area contributed by atoms with Gasteiger partial charge in [0.15, 0.2) is 0 Å². The molecule has 0 fully saturated rings. The molecule has 1 heterocycles. The van der Waals surface area contributed by atoms with Crippen molar-refractivity contribution >= 4 is 0 Å². The van der Waals surface area contributed by atoms with E-state index in [1.165, 1.54) is 12.1 Å². The highest BCUT2D eigenvalue weighted by Gasteiger charge is 2.13. The molecule has 1 unspecified atom stereocenters. The second-order valence-corrected chi connectivity index (χ2v) is 3.25. The summed E-state index contributed by atoms with van der Waals surface area (Å²) in [4.78, 5) is 7.21. The number of nitrogens with zero attached hydrogens (tertiary/aromatic N) is 1. The van der Waals surface area contributed by atoms with Crippen LogP contribution in [0.2, 0.25) is 0 Å². The van der Waals surface area contributed by atoms with Crippen molar-refractivity contribution in [2.24, 2.45) is 0 Å². The predicted molar refractivity (Wildman–Crippen MR) is 55.9 cm³/mol. The standard InChI is InChI=1S/C11H12FN3/c1-13-10(11-14-6-7-15-11)8-2-4-9(12)5-3-8/h2-7,10,13H,1H3,(H,14,15). The van der Waals surface area contributed by atoms with Gasteiger partial charge in [-0.2, -0.15) is 0 Å². The van der Waals surface area contributed by atoms with Crippen molar-refractivity contribution in [3.05, 3.63) is 53.9 Å². The van der Waals surface area contributed by atoms with E-state index in [-0.39, 0.29) is 11.9 Å². The molecule has 0 aliphatic carbocycles. The Balaban J connectivity index is 2.31. The van der Waals surface area contributed by atoms with E-state index in [0.717, 1.165) is 11.4 Å². The minimum Gasteiger partial charge on any atom is -0.347 e. The Morgan fingerprint density at radius 1 is 1.33 bits per heavy atom. The first-order valence-electron chi connectivity index (χ1n) is 4.73. The Bertz CT molecular complexity index is 408. The molecule has 1 aromatic carbocycles. The summed E-state index contributed by atoms with van der Waals surface area (Å²) in [5, 5.41) is 3.12. The zero-order valence-corrected chi connectivity index (χ0v) is 8.37. The second kappa shape index (κ2) is 4.23. The van der Waals surface area contributed by atoms with Crippen LogP contribution in [-0.4, -0.2) is 17.0 Å². The van der Waals surface area contributed by atoms with E-state index in [0.29, 0.717) is 0 Å². The Labute approximate surface area is 87.4 Å². The number of halogens is 1. The molecule has 0 spiro atoms. The van der Waals surface area contributed by atoms with Crippen molar-refractivity contribution in [1.29, 1.82) is 0 Å². The average molecular weight is 205 g/mol. The van der Waals surface area contributed by atoms with Gasteiger partial charge in [0.1, 0.15) is 11.6 Å². The van der Waals surface area contributed by atoms with Gasteiger partial charge in [0.2, 0.25) is 0 Å². The quantitative estimate of drug-likeness (QED) is 0.803. The summed E-state index contributed by atoms with van der Waals surface area (Å²) >= 11 is 0. The third-order valence-corrected chi connectivity index (χ3v) is 2.28. The average Bonchev–Trinajstić information content (AvgIpc) is 2.75. The highest BCUT2D eigenvalue weighted by Crippen LogP contribution is 2.18. The molecule has 0 aliphatic rings. The maximum atomic E-state index is 12.8. The number of imidazole rings is 1. The summed E-state index contributed by atoms with van der Waals surface area (Å²) in [6.45, 7) is 0. The van der Waals surface area contributed by atoms with Crippen molar-refractivity contribution in [3.63, 3.8) is 0 Å². The van der Waals surface area contributed by atoms with E-state index < -0.39 is 0 Å². The molecule has 4 heteroatoms. The fourth-order valence-electron chi connectivity index (χ4n) is 1.55. The zero-order valence-electron chi connectivity index (χ0n) is 8.37. The first-order chi connectivity index (χ1) is 7.31. The Kier molecular flexibility index (Phi) is 2.78. The van der Waals surface area contributed by atoms with E-state index in [1.807, 2.05) is 7.05 Å². The van der Waals surface area contributed by atoms with Gasteiger partial charge in [0, 0.05) is 12.4 Å². The lowest BCUT2D eigenvalue weighted by Gasteiger charge is -2.13. The minimum atomic E-state index is -0.229. The van der Waals surface area contributed by atoms with Gasteiger partial charge in [0.05, 0.1) is 6.04 Å². The first kappa shape index (κ1) is 9.86. The minimum absolute atomic E-state index is 0.0272. The summed E-state index contributed by atoms with van der Waals surface area (Å²) in [7, 11) is 1.84. The fraction of sp³-hybridized carbons (Fsp3) is 0.182. The Morgan fingerprint density at radius 3 is 2.60 bits per heavy atom. The normalized spacial score (nSPS) is 12.7. The molecule has 0 bridgehead atoms. The molecule has 2 aromatic rings. The van der Waals surface area contributed by atoms with Gasteiger partial charge < -0.3 is 10.3 Å². The zero-order chi connectivity index (χ0) is 10.7. The number of hydrogen-bond acceptors (Lipinski definition) is 2.